The van der Waals surface area contributed by atoms with Gasteiger partial charge in [0.15, 0.2) is 0 Å². The van der Waals surface area contributed by atoms with E-state index in [9.17, 15) is 9.59 Å². The van der Waals surface area contributed by atoms with Crippen molar-refractivity contribution in [3.63, 3.8) is 0 Å². The van der Waals surface area contributed by atoms with Crippen molar-refractivity contribution in [2.24, 2.45) is 0 Å². The summed E-state index contributed by atoms with van der Waals surface area (Å²) in [4.78, 5) is 23.8. The Labute approximate surface area is 172 Å². The molecule has 1 atom stereocenters. The van der Waals surface area contributed by atoms with E-state index in [1.54, 1.807) is 6.07 Å². The third kappa shape index (κ3) is 8.13. The van der Waals surface area contributed by atoms with Crippen LogP contribution >= 0.6 is 0 Å². The van der Waals surface area contributed by atoms with Gasteiger partial charge in [-0.15, -0.1) is 0 Å². The number of carbonyl (C=O) groups is 2. The minimum atomic E-state index is -0.462. The number of aryl methyl sites for hydroxylation is 1. The number of para-hydroxylation sites is 2. The Balaban J connectivity index is 1.55. The number of alkyl carbamates (subject to hydrolysis) is 1. The number of rotatable bonds is 9. The number of urea groups is 1. The predicted octanol–water partition coefficient (Wildman–Crippen LogP) is 4.18. The molecule has 2 rings (SSSR count). The van der Waals surface area contributed by atoms with Crippen LogP contribution < -0.4 is 21.7 Å². The highest BCUT2D eigenvalue weighted by Gasteiger charge is 2.09. The average Bonchev–Trinajstić information content (AvgIpc) is 2.69. The second kappa shape index (κ2) is 11.6. The van der Waals surface area contributed by atoms with E-state index in [0.29, 0.717) is 12.2 Å². The molecule has 29 heavy (non-hydrogen) atoms. The lowest BCUT2D eigenvalue weighted by Crippen LogP contribution is -2.33. The minimum Gasteiger partial charge on any atom is -0.445 e. The summed E-state index contributed by atoms with van der Waals surface area (Å²) in [5, 5.41) is 8.48. The average molecular weight is 399 g/mol. The molecule has 0 spiro atoms. The molecule has 0 fully saturated rings. The van der Waals surface area contributed by atoms with Gasteiger partial charge in [0, 0.05) is 29.5 Å². The Bertz CT molecular complexity index is 810. The van der Waals surface area contributed by atoms with Crippen LogP contribution in [-0.4, -0.2) is 24.7 Å². The number of nitrogens with two attached hydrogens (primary N) is 1. The quantitative estimate of drug-likeness (QED) is 0.375. The second-order valence-corrected chi connectivity index (χ2v) is 7.01. The molecule has 0 radical (unpaired) electrons. The molecule has 0 heterocycles. The highest BCUT2D eigenvalue weighted by atomic mass is 16.5. The monoisotopic (exact) mass is 398 g/mol. The second-order valence-electron chi connectivity index (χ2n) is 7.01. The molecule has 0 saturated carbocycles. The molecule has 0 aliphatic carbocycles. The Morgan fingerprint density at radius 2 is 1.79 bits per heavy atom. The van der Waals surface area contributed by atoms with Gasteiger partial charge in [0.2, 0.25) is 0 Å². The Hall–Kier alpha value is -3.22. The number of nitrogens with one attached hydrogen (secondary N) is 3. The topological polar surface area (TPSA) is 105 Å². The molecule has 7 heteroatoms. The lowest BCUT2D eigenvalue weighted by atomic mass is 10.1. The number of hydrogen-bond donors (Lipinski definition) is 4. The number of amides is 3. The maximum absolute atomic E-state index is 11.9. The van der Waals surface area contributed by atoms with E-state index in [2.05, 4.69) is 16.0 Å². The lowest BCUT2D eigenvalue weighted by molar-refractivity contribution is 0.136. The number of anilines is 2. The van der Waals surface area contributed by atoms with Crippen molar-refractivity contribution in [3.05, 3.63) is 59.7 Å². The van der Waals surface area contributed by atoms with Gasteiger partial charge in [-0.2, -0.15) is 0 Å². The third-order valence-corrected chi connectivity index (χ3v) is 4.52. The Morgan fingerprint density at radius 1 is 1.07 bits per heavy atom. The van der Waals surface area contributed by atoms with Crippen molar-refractivity contribution in [2.45, 2.75) is 45.8 Å². The number of carbonyl (C=O) groups excluding carboxylic acids is 2. The molecule has 2 aromatic carbocycles. The lowest BCUT2D eigenvalue weighted by Gasteiger charge is -2.14. The maximum atomic E-state index is 11.9. The fourth-order valence-electron chi connectivity index (χ4n) is 2.78. The van der Waals surface area contributed by atoms with Gasteiger partial charge in [0.05, 0.1) is 0 Å². The summed E-state index contributed by atoms with van der Waals surface area (Å²) in [7, 11) is 0. The normalized spacial score (nSPS) is 11.4. The summed E-state index contributed by atoms with van der Waals surface area (Å²) in [6, 6.07) is 14.7. The zero-order valence-electron chi connectivity index (χ0n) is 17.0. The number of hydrogen-bond acceptors (Lipinski definition) is 4. The molecular formula is C22H30N4O3. The van der Waals surface area contributed by atoms with Crippen molar-refractivity contribution < 1.29 is 14.3 Å². The van der Waals surface area contributed by atoms with Gasteiger partial charge < -0.3 is 26.4 Å². The van der Waals surface area contributed by atoms with Crippen LogP contribution in [-0.2, 0) is 11.3 Å². The van der Waals surface area contributed by atoms with Crippen LogP contribution in [0.5, 0.6) is 0 Å². The molecule has 0 aromatic heterocycles. The molecule has 0 unspecified atom stereocenters. The van der Waals surface area contributed by atoms with E-state index in [1.165, 1.54) is 0 Å². The van der Waals surface area contributed by atoms with Crippen molar-refractivity contribution in [1.82, 2.24) is 10.6 Å². The standard InChI is InChI=1S/C22H30N4O3/c1-16-9-3-6-13-20(16)26-21(27)24-14-8-7-10-17(2)25-22(28)29-15-18-11-4-5-12-19(18)23/h3-6,9,11-13,17H,7-8,10,14-15,23H2,1-2H3,(H,25,28)(H2,24,26,27)/t17-/m1/s1. The van der Waals surface area contributed by atoms with Crippen LogP contribution in [0.4, 0.5) is 21.0 Å². The summed E-state index contributed by atoms with van der Waals surface area (Å²) < 4.78 is 5.21. The first-order valence-corrected chi connectivity index (χ1v) is 9.83. The fourth-order valence-corrected chi connectivity index (χ4v) is 2.78. The largest absolute Gasteiger partial charge is 0.445 e. The highest BCUT2D eigenvalue weighted by molar-refractivity contribution is 5.89. The zero-order chi connectivity index (χ0) is 21.1. The first-order valence-electron chi connectivity index (χ1n) is 9.83. The van der Waals surface area contributed by atoms with E-state index in [4.69, 9.17) is 10.5 Å². The molecule has 0 saturated heterocycles. The molecule has 7 nitrogen and oxygen atoms in total. The predicted molar refractivity (Wildman–Crippen MR) is 116 cm³/mol. The van der Waals surface area contributed by atoms with E-state index < -0.39 is 6.09 Å². The summed E-state index contributed by atoms with van der Waals surface area (Å²) in [5.41, 5.74) is 9.04. The molecule has 0 aliphatic rings. The number of benzene rings is 2. The molecule has 3 amide bonds. The van der Waals surface area contributed by atoms with E-state index in [0.717, 1.165) is 36.1 Å². The first kappa shape index (κ1) is 22.1. The Kier molecular flexibility index (Phi) is 8.82. The number of nitrogen functional groups attached to an aromatic ring is 1. The van der Waals surface area contributed by atoms with E-state index in [-0.39, 0.29) is 18.7 Å². The van der Waals surface area contributed by atoms with Crippen LogP contribution in [0.2, 0.25) is 0 Å². The first-order chi connectivity index (χ1) is 14.0. The smallest absolute Gasteiger partial charge is 0.407 e. The molecule has 156 valence electrons. The van der Waals surface area contributed by atoms with Crippen LogP contribution in [0, 0.1) is 6.92 Å². The van der Waals surface area contributed by atoms with Crippen LogP contribution in [0.15, 0.2) is 48.5 Å². The molecule has 0 aliphatic heterocycles. The molecule has 5 N–H and O–H groups in total. The highest BCUT2D eigenvalue weighted by Crippen LogP contribution is 2.13. The molecule has 2 aromatic rings. The van der Waals surface area contributed by atoms with Crippen LogP contribution in [0.25, 0.3) is 0 Å². The van der Waals surface area contributed by atoms with Crippen LogP contribution in [0.3, 0.4) is 0 Å². The summed E-state index contributed by atoms with van der Waals surface area (Å²) in [6.45, 7) is 4.59. The minimum absolute atomic E-state index is 0.0172. The summed E-state index contributed by atoms with van der Waals surface area (Å²) in [5.74, 6) is 0. The summed E-state index contributed by atoms with van der Waals surface area (Å²) in [6.07, 6.45) is 2.03. The van der Waals surface area contributed by atoms with Crippen LogP contribution in [0.1, 0.15) is 37.3 Å². The third-order valence-electron chi connectivity index (χ3n) is 4.52. The number of unbranched alkanes of at least 4 members (excludes halogenated alkanes) is 1. The van der Waals surface area contributed by atoms with Gasteiger partial charge >= 0.3 is 12.1 Å². The van der Waals surface area contributed by atoms with Gasteiger partial charge in [-0.05, 0) is 50.8 Å². The van der Waals surface area contributed by atoms with Crippen molar-refractivity contribution in [1.29, 1.82) is 0 Å². The molecule has 0 bridgehead atoms. The Morgan fingerprint density at radius 3 is 2.55 bits per heavy atom. The van der Waals surface area contributed by atoms with Gasteiger partial charge in [-0.3, -0.25) is 0 Å². The summed E-state index contributed by atoms with van der Waals surface area (Å²) >= 11 is 0. The van der Waals surface area contributed by atoms with Gasteiger partial charge in [0.25, 0.3) is 0 Å². The SMILES string of the molecule is Cc1ccccc1NC(=O)NCCCC[C@@H](C)NC(=O)OCc1ccccc1N. The molecular weight excluding hydrogens is 368 g/mol. The number of ether oxygens (including phenoxy) is 1. The fraction of sp³-hybridized carbons (Fsp3) is 0.364. The van der Waals surface area contributed by atoms with E-state index in [1.807, 2.05) is 56.3 Å². The van der Waals surface area contributed by atoms with Crippen molar-refractivity contribution >= 4 is 23.5 Å². The van der Waals surface area contributed by atoms with Crippen molar-refractivity contribution in [3.8, 4) is 0 Å². The van der Waals surface area contributed by atoms with Gasteiger partial charge in [-0.25, -0.2) is 9.59 Å². The van der Waals surface area contributed by atoms with Crippen molar-refractivity contribution in [2.75, 3.05) is 17.6 Å². The van der Waals surface area contributed by atoms with E-state index >= 15 is 0 Å². The van der Waals surface area contributed by atoms with Gasteiger partial charge in [-0.1, -0.05) is 36.4 Å². The maximum Gasteiger partial charge on any atom is 0.407 e. The van der Waals surface area contributed by atoms with Gasteiger partial charge in [0.1, 0.15) is 6.61 Å². The zero-order valence-corrected chi connectivity index (χ0v) is 17.0.